The predicted molar refractivity (Wildman–Crippen MR) is 47.6 cm³/mol. The van der Waals surface area contributed by atoms with Gasteiger partial charge in [-0.2, -0.15) is 0 Å². The number of rotatable bonds is 1. The van der Waals surface area contributed by atoms with E-state index in [4.69, 9.17) is 5.73 Å². The van der Waals surface area contributed by atoms with Crippen molar-refractivity contribution in [1.29, 1.82) is 0 Å². The van der Waals surface area contributed by atoms with Crippen LogP contribution in [-0.4, -0.2) is 55.6 Å². The van der Waals surface area contributed by atoms with Gasteiger partial charge < -0.3 is 15.5 Å². The monoisotopic (exact) mass is 157 g/mol. The molecule has 0 spiro atoms. The van der Waals surface area contributed by atoms with Crippen molar-refractivity contribution in [2.24, 2.45) is 5.73 Å². The molecule has 2 N–H and O–H groups in total. The van der Waals surface area contributed by atoms with Crippen molar-refractivity contribution in [3.63, 3.8) is 0 Å². The summed E-state index contributed by atoms with van der Waals surface area (Å²) >= 11 is 0. The minimum atomic E-state index is 0.336. The smallest absolute Gasteiger partial charge is 0.0297 e. The van der Waals surface area contributed by atoms with E-state index in [0.717, 1.165) is 26.2 Å². The fourth-order valence-corrected chi connectivity index (χ4v) is 1.57. The van der Waals surface area contributed by atoms with Crippen LogP contribution < -0.4 is 5.73 Å². The Morgan fingerprint density at radius 1 is 1.36 bits per heavy atom. The molecule has 1 atom stereocenters. The highest BCUT2D eigenvalue weighted by Crippen LogP contribution is 1.98. The van der Waals surface area contributed by atoms with Crippen LogP contribution in [0.15, 0.2) is 0 Å². The number of likely N-dealkylation sites (N-methyl/N-ethyl adjacent to an activating group) is 2. The van der Waals surface area contributed by atoms with Gasteiger partial charge in [0.05, 0.1) is 0 Å². The van der Waals surface area contributed by atoms with E-state index in [-0.39, 0.29) is 0 Å². The van der Waals surface area contributed by atoms with Crippen LogP contribution in [0.4, 0.5) is 0 Å². The fraction of sp³-hybridized carbons (Fsp3) is 1.00. The van der Waals surface area contributed by atoms with E-state index in [1.165, 1.54) is 6.54 Å². The lowest BCUT2D eigenvalue weighted by Gasteiger charge is -2.18. The van der Waals surface area contributed by atoms with E-state index >= 15 is 0 Å². The molecular formula is C8H19N3. The van der Waals surface area contributed by atoms with E-state index in [1.54, 1.807) is 0 Å². The van der Waals surface area contributed by atoms with Gasteiger partial charge in [0.15, 0.2) is 0 Å². The van der Waals surface area contributed by atoms with E-state index in [1.807, 2.05) is 0 Å². The highest BCUT2D eigenvalue weighted by Gasteiger charge is 2.15. The standard InChI is InChI=1S/C8H19N3/c1-3-11-5-4-10(2)6-8(9)7-11/h8H,3-7,9H2,1-2H3/t8-/m1/s1. The molecule has 11 heavy (non-hydrogen) atoms. The average Bonchev–Trinajstić information content (AvgIpc) is 2.11. The maximum atomic E-state index is 5.91. The van der Waals surface area contributed by atoms with Crippen LogP contribution in [0.25, 0.3) is 0 Å². The summed E-state index contributed by atoms with van der Waals surface area (Å²) in [7, 11) is 2.14. The average molecular weight is 157 g/mol. The van der Waals surface area contributed by atoms with Crippen molar-refractivity contribution in [2.75, 3.05) is 39.8 Å². The lowest BCUT2D eigenvalue weighted by molar-refractivity contribution is 0.286. The molecule has 1 rings (SSSR count). The molecule has 0 saturated carbocycles. The molecule has 3 nitrogen and oxygen atoms in total. The van der Waals surface area contributed by atoms with E-state index < -0.39 is 0 Å². The zero-order chi connectivity index (χ0) is 8.27. The first-order valence-corrected chi connectivity index (χ1v) is 4.39. The summed E-state index contributed by atoms with van der Waals surface area (Å²) in [6, 6.07) is 0.336. The van der Waals surface area contributed by atoms with Gasteiger partial charge in [-0.3, -0.25) is 0 Å². The first kappa shape index (κ1) is 8.97. The van der Waals surface area contributed by atoms with Gasteiger partial charge in [-0.05, 0) is 13.6 Å². The van der Waals surface area contributed by atoms with E-state index in [2.05, 4.69) is 23.8 Å². The molecule has 1 fully saturated rings. The summed E-state index contributed by atoms with van der Waals surface area (Å²) < 4.78 is 0. The molecule has 0 aromatic rings. The third-order valence-corrected chi connectivity index (χ3v) is 2.28. The van der Waals surface area contributed by atoms with Gasteiger partial charge in [0.2, 0.25) is 0 Å². The van der Waals surface area contributed by atoms with Gasteiger partial charge >= 0.3 is 0 Å². The van der Waals surface area contributed by atoms with Crippen LogP contribution in [0.1, 0.15) is 6.92 Å². The third kappa shape index (κ3) is 2.77. The molecular weight excluding hydrogens is 138 g/mol. The van der Waals surface area contributed by atoms with E-state index in [9.17, 15) is 0 Å². The molecule has 0 amide bonds. The second-order valence-corrected chi connectivity index (χ2v) is 3.42. The molecule has 1 saturated heterocycles. The van der Waals surface area contributed by atoms with Crippen LogP contribution in [0, 0.1) is 0 Å². The quantitative estimate of drug-likeness (QED) is 0.561. The second kappa shape index (κ2) is 4.04. The van der Waals surface area contributed by atoms with Crippen LogP contribution in [0.2, 0.25) is 0 Å². The molecule has 0 aliphatic carbocycles. The summed E-state index contributed by atoms with van der Waals surface area (Å²) in [5.74, 6) is 0. The maximum Gasteiger partial charge on any atom is 0.0297 e. The summed E-state index contributed by atoms with van der Waals surface area (Å²) in [4.78, 5) is 4.72. The van der Waals surface area contributed by atoms with Crippen molar-refractivity contribution >= 4 is 0 Å². The lowest BCUT2D eigenvalue weighted by atomic mass is 10.3. The summed E-state index contributed by atoms with van der Waals surface area (Å²) in [5.41, 5.74) is 5.91. The minimum Gasteiger partial charge on any atom is -0.325 e. The van der Waals surface area contributed by atoms with Crippen LogP contribution in [0.5, 0.6) is 0 Å². The Labute approximate surface area is 69.1 Å². The van der Waals surface area contributed by atoms with Gasteiger partial charge in [-0.15, -0.1) is 0 Å². The van der Waals surface area contributed by atoms with Crippen molar-refractivity contribution in [1.82, 2.24) is 9.80 Å². The highest BCUT2D eigenvalue weighted by atomic mass is 15.2. The van der Waals surface area contributed by atoms with Gasteiger partial charge in [0, 0.05) is 32.2 Å². The van der Waals surface area contributed by atoms with Crippen LogP contribution in [-0.2, 0) is 0 Å². The summed E-state index contributed by atoms with van der Waals surface area (Å²) in [6.07, 6.45) is 0. The molecule has 1 aliphatic heterocycles. The molecule has 3 heteroatoms. The van der Waals surface area contributed by atoms with Gasteiger partial charge in [0.1, 0.15) is 0 Å². The SMILES string of the molecule is CCN1CCN(C)C[C@@H](N)C1. The Hall–Kier alpha value is -0.120. The molecule has 1 heterocycles. The van der Waals surface area contributed by atoms with Crippen molar-refractivity contribution in [3.8, 4) is 0 Å². The van der Waals surface area contributed by atoms with Crippen molar-refractivity contribution in [3.05, 3.63) is 0 Å². The number of nitrogens with zero attached hydrogens (tertiary/aromatic N) is 2. The Morgan fingerprint density at radius 3 is 2.73 bits per heavy atom. The predicted octanol–water partition coefficient (Wildman–Crippen LogP) is -0.419. The Morgan fingerprint density at radius 2 is 2.09 bits per heavy atom. The maximum absolute atomic E-state index is 5.91. The first-order chi connectivity index (χ1) is 5.22. The molecule has 1 aliphatic rings. The first-order valence-electron chi connectivity index (χ1n) is 4.39. The number of nitrogens with two attached hydrogens (primary N) is 1. The molecule has 0 aromatic heterocycles. The normalized spacial score (nSPS) is 30.3. The Bertz CT molecular complexity index is 116. The minimum absolute atomic E-state index is 0.336. The Balaban J connectivity index is 2.39. The molecule has 0 radical (unpaired) electrons. The van der Waals surface area contributed by atoms with E-state index in [0.29, 0.717) is 6.04 Å². The molecule has 0 unspecified atom stereocenters. The Kier molecular flexibility index (Phi) is 3.30. The van der Waals surface area contributed by atoms with Gasteiger partial charge in [-0.1, -0.05) is 6.92 Å². The lowest BCUT2D eigenvalue weighted by Crippen LogP contribution is -2.39. The van der Waals surface area contributed by atoms with Crippen LogP contribution in [0.3, 0.4) is 0 Å². The zero-order valence-electron chi connectivity index (χ0n) is 7.58. The van der Waals surface area contributed by atoms with Crippen molar-refractivity contribution < 1.29 is 0 Å². The largest absolute Gasteiger partial charge is 0.325 e. The molecule has 0 aromatic carbocycles. The van der Waals surface area contributed by atoms with Gasteiger partial charge in [-0.25, -0.2) is 0 Å². The summed E-state index contributed by atoms with van der Waals surface area (Å²) in [5, 5.41) is 0. The van der Waals surface area contributed by atoms with Crippen LogP contribution >= 0.6 is 0 Å². The summed E-state index contributed by atoms with van der Waals surface area (Å²) in [6.45, 7) is 7.74. The molecule has 0 bridgehead atoms. The number of hydrogen-bond acceptors (Lipinski definition) is 3. The second-order valence-electron chi connectivity index (χ2n) is 3.42. The topological polar surface area (TPSA) is 32.5 Å². The third-order valence-electron chi connectivity index (χ3n) is 2.28. The molecule has 66 valence electrons. The zero-order valence-corrected chi connectivity index (χ0v) is 7.58. The van der Waals surface area contributed by atoms with Crippen molar-refractivity contribution in [2.45, 2.75) is 13.0 Å². The fourth-order valence-electron chi connectivity index (χ4n) is 1.57. The van der Waals surface area contributed by atoms with Gasteiger partial charge in [0.25, 0.3) is 0 Å². The number of hydrogen-bond donors (Lipinski definition) is 1. The highest BCUT2D eigenvalue weighted by molar-refractivity contribution is 4.75.